The molecule has 5 aromatic rings. The van der Waals surface area contributed by atoms with Crippen LogP contribution in [0.25, 0.3) is 22.1 Å². The number of fused-ring (bicyclic) bond motifs is 1. The van der Waals surface area contributed by atoms with Gasteiger partial charge in [-0.25, -0.2) is 4.79 Å². The van der Waals surface area contributed by atoms with E-state index in [-0.39, 0.29) is 17.8 Å². The molecule has 38 heavy (non-hydrogen) atoms. The Morgan fingerprint density at radius 3 is 2.18 bits per heavy atom. The van der Waals surface area contributed by atoms with Crippen molar-refractivity contribution in [3.8, 4) is 28.4 Å². The number of benzene rings is 4. The molecule has 0 fully saturated rings. The van der Waals surface area contributed by atoms with Crippen LogP contribution in [-0.4, -0.2) is 12.1 Å². The first-order valence-corrected chi connectivity index (χ1v) is 12.4. The molecule has 0 N–H and O–H groups in total. The standard InChI is InChI=1S/C32H26O6/c1-2-28(32(34)36-20-22-9-5-3-6-10-22)38-26-17-18-27-29(19-26)35-21-30(31(27)33)37-25-15-13-24(14-16-25)23-11-7-4-8-12-23/h3-19,21,28H,2,20H2,1H3. The first-order chi connectivity index (χ1) is 18.6. The molecule has 0 aliphatic carbocycles. The van der Waals surface area contributed by atoms with Crippen molar-refractivity contribution >= 4 is 16.9 Å². The summed E-state index contributed by atoms with van der Waals surface area (Å²) in [6, 6.07) is 31.8. The highest BCUT2D eigenvalue weighted by atomic mass is 16.6. The highest BCUT2D eigenvalue weighted by molar-refractivity contribution is 5.80. The summed E-state index contributed by atoms with van der Waals surface area (Å²) < 4.78 is 22.8. The summed E-state index contributed by atoms with van der Waals surface area (Å²) in [6.45, 7) is 2.01. The van der Waals surface area contributed by atoms with Gasteiger partial charge in [-0.05, 0) is 47.4 Å². The van der Waals surface area contributed by atoms with Crippen molar-refractivity contribution in [2.45, 2.75) is 26.1 Å². The van der Waals surface area contributed by atoms with Crippen molar-refractivity contribution in [3.63, 3.8) is 0 Å². The minimum atomic E-state index is -0.788. The molecule has 1 atom stereocenters. The van der Waals surface area contributed by atoms with E-state index in [1.807, 2.05) is 91.9 Å². The molecule has 5 rings (SSSR count). The average molecular weight is 507 g/mol. The Morgan fingerprint density at radius 2 is 1.47 bits per heavy atom. The molecule has 0 saturated carbocycles. The van der Waals surface area contributed by atoms with Crippen LogP contribution in [0.1, 0.15) is 18.9 Å². The van der Waals surface area contributed by atoms with Gasteiger partial charge in [0.25, 0.3) is 0 Å². The molecule has 0 saturated heterocycles. The first-order valence-electron chi connectivity index (χ1n) is 12.4. The molecule has 0 bridgehead atoms. The van der Waals surface area contributed by atoms with Gasteiger partial charge in [-0.3, -0.25) is 4.79 Å². The van der Waals surface area contributed by atoms with Gasteiger partial charge in [0.1, 0.15) is 30.0 Å². The molecular formula is C32H26O6. The quantitative estimate of drug-likeness (QED) is 0.198. The Morgan fingerprint density at radius 1 is 0.816 bits per heavy atom. The van der Waals surface area contributed by atoms with Crippen molar-refractivity contribution in [1.29, 1.82) is 0 Å². The Balaban J connectivity index is 1.27. The maximum absolute atomic E-state index is 13.0. The maximum atomic E-state index is 13.0. The van der Waals surface area contributed by atoms with Gasteiger partial charge >= 0.3 is 5.97 Å². The van der Waals surface area contributed by atoms with Crippen LogP contribution < -0.4 is 14.9 Å². The predicted molar refractivity (Wildman–Crippen MR) is 145 cm³/mol. The van der Waals surface area contributed by atoms with Gasteiger partial charge in [0.2, 0.25) is 11.2 Å². The summed E-state index contributed by atoms with van der Waals surface area (Å²) in [7, 11) is 0. The van der Waals surface area contributed by atoms with Crippen molar-refractivity contribution in [2.75, 3.05) is 0 Å². The number of rotatable bonds is 9. The van der Waals surface area contributed by atoms with E-state index in [1.54, 1.807) is 18.2 Å². The summed E-state index contributed by atoms with van der Waals surface area (Å²) in [4.78, 5) is 25.6. The zero-order valence-electron chi connectivity index (χ0n) is 20.8. The Kier molecular flexibility index (Phi) is 7.50. The lowest BCUT2D eigenvalue weighted by atomic mass is 10.1. The smallest absolute Gasteiger partial charge is 0.347 e. The molecule has 1 heterocycles. The predicted octanol–water partition coefficient (Wildman–Crippen LogP) is 7.15. The minimum Gasteiger partial charge on any atom is -0.479 e. The summed E-state index contributed by atoms with van der Waals surface area (Å²) in [6.07, 6.45) is 0.917. The molecule has 0 aliphatic heterocycles. The second kappa shape index (κ2) is 11.5. The lowest BCUT2D eigenvalue weighted by Crippen LogP contribution is -2.28. The van der Waals surface area contributed by atoms with Gasteiger partial charge in [-0.1, -0.05) is 79.7 Å². The summed E-state index contributed by atoms with van der Waals surface area (Å²) in [5.41, 5.74) is 3.06. The van der Waals surface area contributed by atoms with E-state index in [0.717, 1.165) is 16.7 Å². The van der Waals surface area contributed by atoms with Gasteiger partial charge in [0.05, 0.1) is 5.39 Å². The molecule has 6 heteroatoms. The van der Waals surface area contributed by atoms with Crippen LogP contribution in [0, 0.1) is 0 Å². The van der Waals surface area contributed by atoms with E-state index in [9.17, 15) is 9.59 Å². The maximum Gasteiger partial charge on any atom is 0.347 e. The third-order valence-electron chi connectivity index (χ3n) is 6.04. The van der Waals surface area contributed by atoms with Crippen LogP contribution in [-0.2, 0) is 16.1 Å². The van der Waals surface area contributed by atoms with Gasteiger partial charge in [-0.15, -0.1) is 0 Å². The Labute approximate surface area is 220 Å². The van der Waals surface area contributed by atoms with Crippen LogP contribution in [0.15, 0.2) is 119 Å². The highest BCUT2D eigenvalue weighted by Crippen LogP contribution is 2.27. The zero-order chi connectivity index (χ0) is 26.3. The largest absolute Gasteiger partial charge is 0.479 e. The van der Waals surface area contributed by atoms with Gasteiger partial charge in [0.15, 0.2) is 6.10 Å². The first kappa shape index (κ1) is 24.8. The van der Waals surface area contributed by atoms with Crippen LogP contribution in [0.3, 0.4) is 0 Å². The van der Waals surface area contributed by atoms with Crippen LogP contribution in [0.4, 0.5) is 0 Å². The molecule has 190 valence electrons. The minimum absolute atomic E-state index is 0.0783. The molecule has 1 unspecified atom stereocenters. The van der Waals surface area contributed by atoms with E-state index in [2.05, 4.69) is 0 Å². The molecule has 1 aromatic heterocycles. The average Bonchev–Trinajstić information content (AvgIpc) is 2.97. The molecular weight excluding hydrogens is 480 g/mol. The fourth-order valence-electron chi connectivity index (χ4n) is 3.99. The summed E-state index contributed by atoms with van der Waals surface area (Å²) in [5, 5.41) is 0.343. The van der Waals surface area contributed by atoms with Crippen molar-refractivity contribution in [2.24, 2.45) is 0 Å². The van der Waals surface area contributed by atoms with Gasteiger partial charge in [-0.2, -0.15) is 0 Å². The van der Waals surface area contributed by atoms with Crippen LogP contribution >= 0.6 is 0 Å². The van der Waals surface area contributed by atoms with Crippen molar-refractivity contribution < 1.29 is 23.4 Å². The van der Waals surface area contributed by atoms with E-state index < -0.39 is 12.1 Å². The fourth-order valence-corrected chi connectivity index (χ4v) is 3.99. The van der Waals surface area contributed by atoms with Crippen LogP contribution in [0.2, 0.25) is 0 Å². The van der Waals surface area contributed by atoms with E-state index in [4.69, 9.17) is 18.6 Å². The molecule has 0 aliphatic rings. The monoisotopic (exact) mass is 506 g/mol. The lowest BCUT2D eigenvalue weighted by Gasteiger charge is -2.17. The molecule has 0 spiro atoms. The normalized spacial score (nSPS) is 11.6. The number of carbonyl (C=O) groups is 1. The van der Waals surface area contributed by atoms with Crippen LogP contribution in [0.5, 0.6) is 17.2 Å². The molecule has 6 nitrogen and oxygen atoms in total. The summed E-state index contributed by atoms with van der Waals surface area (Å²) >= 11 is 0. The highest BCUT2D eigenvalue weighted by Gasteiger charge is 2.21. The second-order valence-electron chi connectivity index (χ2n) is 8.69. The number of carbonyl (C=O) groups excluding carboxylic acids is 1. The number of ether oxygens (including phenoxy) is 3. The van der Waals surface area contributed by atoms with E-state index in [0.29, 0.717) is 28.9 Å². The third kappa shape index (κ3) is 5.76. The van der Waals surface area contributed by atoms with Crippen molar-refractivity contribution in [1.82, 2.24) is 0 Å². The Bertz CT molecular complexity index is 1570. The molecule has 0 radical (unpaired) electrons. The van der Waals surface area contributed by atoms with Crippen molar-refractivity contribution in [3.05, 3.63) is 125 Å². The second-order valence-corrected chi connectivity index (χ2v) is 8.69. The number of esters is 1. The zero-order valence-corrected chi connectivity index (χ0v) is 20.8. The third-order valence-corrected chi connectivity index (χ3v) is 6.04. The lowest BCUT2D eigenvalue weighted by molar-refractivity contribution is -0.153. The van der Waals surface area contributed by atoms with E-state index in [1.165, 1.54) is 6.26 Å². The topological polar surface area (TPSA) is 75.0 Å². The van der Waals surface area contributed by atoms with E-state index >= 15 is 0 Å². The molecule has 0 amide bonds. The van der Waals surface area contributed by atoms with Gasteiger partial charge in [0, 0.05) is 6.07 Å². The number of hydrogen-bond acceptors (Lipinski definition) is 6. The fraction of sp³-hybridized carbons (Fsp3) is 0.125. The van der Waals surface area contributed by atoms with Gasteiger partial charge < -0.3 is 18.6 Å². The Hall–Kier alpha value is -4.84. The summed E-state index contributed by atoms with van der Waals surface area (Å²) in [5.74, 6) is 0.542. The molecule has 4 aromatic carbocycles. The number of hydrogen-bond donors (Lipinski definition) is 0. The SMILES string of the molecule is CCC(Oc1ccc2c(=O)c(Oc3ccc(-c4ccccc4)cc3)coc2c1)C(=O)OCc1ccccc1.